The molecular weight excluding hydrogens is 353 g/mol. The maximum absolute atomic E-state index is 12.3. The third-order valence-corrected chi connectivity index (χ3v) is 4.57. The quantitative estimate of drug-likeness (QED) is 0.707. The Kier molecular flexibility index (Phi) is 10.8. The molecule has 2 aliphatic rings. The molecule has 7 nitrogen and oxygen atoms in total. The molecule has 24 heavy (non-hydrogen) atoms. The van der Waals surface area contributed by atoms with Gasteiger partial charge in [0.1, 0.15) is 0 Å². The summed E-state index contributed by atoms with van der Waals surface area (Å²) in [5.74, 6) is 0.318. The Bertz CT molecular complexity index is 395. The van der Waals surface area contributed by atoms with Crippen molar-refractivity contribution in [2.45, 2.75) is 18.9 Å². The molecule has 2 saturated heterocycles. The first-order valence-corrected chi connectivity index (χ1v) is 8.14. The number of piperidine rings is 1. The van der Waals surface area contributed by atoms with Gasteiger partial charge in [-0.15, -0.1) is 24.8 Å². The van der Waals surface area contributed by atoms with E-state index in [1.807, 2.05) is 4.90 Å². The van der Waals surface area contributed by atoms with E-state index >= 15 is 0 Å². The lowest BCUT2D eigenvalue weighted by atomic mass is 10.1. The summed E-state index contributed by atoms with van der Waals surface area (Å²) in [5, 5.41) is 0. The fraction of sp³-hybridized carbons (Fsp3) is 0.867. The Morgan fingerprint density at radius 2 is 1.42 bits per heavy atom. The van der Waals surface area contributed by atoms with Crippen LogP contribution in [0.15, 0.2) is 0 Å². The van der Waals surface area contributed by atoms with Crippen LogP contribution in [0.5, 0.6) is 0 Å². The van der Waals surface area contributed by atoms with E-state index in [-0.39, 0.29) is 36.6 Å². The first-order valence-electron chi connectivity index (χ1n) is 8.14. The number of likely N-dealkylation sites (N-methyl/N-ethyl adjacent to an activating group) is 1. The minimum Gasteiger partial charge on any atom is -0.348 e. The largest absolute Gasteiger partial charge is 0.348 e. The highest BCUT2D eigenvalue weighted by Crippen LogP contribution is 2.09. The van der Waals surface area contributed by atoms with Crippen molar-refractivity contribution < 1.29 is 9.59 Å². The van der Waals surface area contributed by atoms with Crippen molar-refractivity contribution in [3.05, 3.63) is 0 Å². The van der Waals surface area contributed by atoms with E-state index in [9.17, 15) is 9.59 Å². The number of rotatable bonds is 4. The Morgan fingerprint density at radius 1 is 0.917 bits per heavy atom. The molecule has 2 heterocycles. The van der Waals surface area contributed by atoms with E-state index in [2.05, 4.69) is 9.80 Å². The second kappa shape index (κ2) is 11.1. The van der Waals surface area contributed by atoms with Crippen molar-refractivity contribution in [1.29, 1.82) is 0 Å². The highest BCUT2D eigenvalue weighted by Gasteiger charge is 2.25. The molecule has 0 atom stereocenters. The highest BCUT2D eigenvalue weighted by molar-refractivity contribution is 5.85. The van der Waals surface area contributed by atoms with Crippen molar-refractivity contribution in [2.75, 3.05) is 66.5 Å². The number of hydrogen-bond donors (Lipinski definition) is 1. The number of hydrogen-bond acceptors (Lipinski definition) is 5. The lowest BCUT2D eigenvalue weighted by Gasteiger charge is -2.36. The molecule has 2 fully saturated rings. The number of piperazine rings is 1. The molecule has 9 heteroatoms. The van der Waals surface area contributed by atoms with Gasteiger partial charge in [-0.3, -0.25) is 19.4 Å². The van der Waals surface area contributed by atoms with Crippen LogP contribution >= 0.6 is 24.8 Å². The van der Waals surface area contributed by atoms with Gasteiger partial charge in [-0.2, -0.15) is 0 Å². The molecule has 2 N–H and O–H groups in total. The van der Waals surface area contributed by atoms with Gasteiger partial charge in [0.15, 0.2) is 0 Å². The van der Waals surface area contributed by atoms with Gasteiger partial charge in [0.05, 0.1) is 13.1 Å². The van der Waals surface area contributed by atoms with E-state index < -0.39 is 0 Å². The van der Waals surface area contributed by atoms with Crippen molar-refractivity contribution >= 4 is 36.6 Å². The fourth-order valence-electron chi connectivity index (χ4n) is 2.89. The molecule has 0 aromatic heterocycles. The number of likely N-dealkylation sites (tertiary alicyclic amines) is 1. The zero-order chi connectivity index (χ0) is 16.1. The molecule has 0 aromatic rings. The molecule has 2 amide bonds. The number of carbonyl (C=O) groups excluding carboxylic acids is 2. The first-order chi connectivity index (χ1) is 10.5. The molecule has 0 saturated carbocycles. The minimum atomic E-state index is 0. The fourth-order valence-corrected chi connectivity index (χ4v) is 2.89. The SMILES string of the molecule is CN(C)C(=O)CN1CCN(C(=O)CN2CCC(N)CC2)CC1.Cl.Cl. The summed E-state index contributed by atoms with van der Waals surface area (Å²) in [6, 6.07) is 0.295. The lowest BCUT2D eigenvalue weighted by Crippen LogP contribution is -2.53. The molecule has 0 bridgehead atoms. The molecule has 0 spiro atoms. The smallest absolute Gasteiger partial charge is 0.236 e. The lowest BCUT2D eigenvalue weighted by molar-refractivity contribution is -0.135. The molecule has 0 aromatic carbocycles. The van der Waals surface area contributed by atoms with Crippen LogP contribution in [0.4, 0.5) is 0 Å². The Hall–Kier alpha value is -0.600. The Morgan fingerprint density at radius 3 is 1.92 bits per heavy atom. The normalized spacial score (nSPS) is 20.0. The predicted octanol–water partition coefficient (Wildman–Crippen LogP) is -0.514. The highest BCUT2D eigenvalue weighted by atomic mass is 35.5. The summed E-state index contributed by atoms with van der Waals surface area (Å²) < 4.78 is 0. The van der Waals surface area contributed by atoms with Crippen LogP contribution in [0, 0.1) is 0 Å². The third-order valence-electron chi connectivity index (χ3n) is 4.57. The van der Waals surface area contributed by atoms with Crippen molar-refractivity contribution in [2.24, 2.45) is 5.73 Å². The van der Waals surface area contributed by atoms with Crippen LogP contribution in [0.25, 0.3) is 0 Å². The van der Waals surface area contributed by atoms with Crippen molar-refractivity contribution in [1.82, 2.24) is 19.6 Å². The predicted molar refractivity (Wildman–Crippen MR) is 99.9 cm³/mol. The summed E-state index contributed by atoms with van der Waals surface area (Å²) in [6.45, 7) is 5.77. The number of carbonyl (C=O) groups is 2. The molecular formula is C15H31Cl2N5O2. The van der Waals surface area contributed by atoms with E-state index in [0.29, 0.717) is 32.2 Å². The average molecular weight is 384 g/mol. The van der Waals surface area contributed by atoms with E-state index in [1.54, 1.807) is 19.0 Å². The minimum absolute atomic E-state index is 0. The van der Waals surface area contributed by atoms with Crippen LogP contribution in [0.2, 0.25) is 0 Å². The molecule has 2 rings (SSSR count). The van der Waals surface area contributed by atoms with Gasteiger partial charge in [-0.05, 0) is 12.8 Å². The number of nitrogens with zero attached hydrogens (tertiary/aromatic N) is 4. The zero-order valence-electron chi connectivity index (χ0n) is 14.6. The van der Waals surface area contributed by atoms with Gasteiger partial charge in [0.2, 0.25) is 11.8 Å². The van der Waals surface area contributed by atoms with Crippen LogP contribution < -0.4 is 5.73 Å². The van der Waals surface area contributed by atoms with E-state index in [0.717, 1.165) is 39.0 Å². The summed E-state index contributed by atoms with van der Waals surface area (Å²) in [7, 11) is 3.54. The second-order valence-electron chi connectivity index (χ2n) is 6.56. The monoisotopic (exact) mass is 383 g/mol. The maximum atomic E-state index is 12.3. The Balaban J connectivity index is 0.00000264. The molecule has 0 aliphatic carbocycles. The van der Waals surface area contributed by atoms with E-state index in [1.165, 1.54) is 0 Å². The van der Waals surface area contributed by atoms with Gasteiger partial charge in [-0.1, -0.05) is 0 Å². The van der Waals surface area contributed by atoms with Crippen LogP contribution in [-0.2, 0) is 9.59 Å². The standard InChI is InChI=1S/C15H29N5O2.2ClH/c1-17(2)14(21)11-19-7-9-20(10-8-19)15(22)12-18-5-3-13(16)4-6-18;;/h13H,3-12,16H2,1-2H3;2*1H. The molecule has 2 aliphatic heterocycles. The summed E-state index contributed by atoms with van der Waals surface area (Å²) >= 11 is 0. The third kappa shape index (κ3) is 7.11. The first kappa shape index (κ1) is 23.4. The number of halogens is 2. The van der Waals surface area contributed by atoms with Crippen molar-refractivity contribution in [3.63, 3.8) is 0 Å². The maximum Gasteiger partial charge on any atom is 0.236 e. The molecule has 0 radical (unpaired) electrons. The zero-order valence-corrected chi connectivity index (χ0v) is 16.3. The summed E-state index contributed by atoms with van der Waals surface area (Å²) in [6.07, 6.45) is 1.96. The van der Waals surface area contributed by atoms with E-state index in [4.69, 9.17) is 5.73 Å². The second-order valence-corrected chi connectivity index (χ2v) is 6.56. The van der Waals surface area contributed by atoms with Crippen molar-refractivity contribution in [3.8, 4) is 0 Å². The number of amides is 2. The average Bonchev–Trinajstić information content (AvgIpc) is 2.50. The topological polar surface area (TPSA) is 73.1 Å². The van der Waals surface area contributed by atoms with Gasteiger partial charge in [0.25, 0.3) is 0 Å². The summed E-state index contributed by atoms with van der Waals surface area (Å²) in [4.78, 5) is 31.9. The summed E-state index contributed by atoms with van der Waals surface area (Å²) in [5.41, 5.74) is 5.89. The van der Waals surface area contributed by atoms with Gasteiger partial charge in [-0.25, -0.2) is 0 Å². The van der Waals surface area contributed by atoms with Gasteiger partial charge in [0, 0.05) is 59.4 Å². The molecule has 0 unspecified atom stereocenters. The van der Waals surface area contributed by atoms with Crippen LogP contribution in [0.3, 0.4) is 0 Å². The van der Waals surface area contributed by atoms with Gasteiger partial charge >= 0.3 is 0 Å². The van der Waals surface area contributed by atoms with Gasteiger partial charge < -0.3 is 15.5 Å². The van der Waals surface area contributed by atoms with Crippen LogP contribution in [-0.4, -0.2) is 104 Å². The van der Waals surface area contributed by atoms with Crippen LogP contribution in [0.1, 0.15) is 12.8 Å². The number of nitrogens with two attached hydrogens (primary N) is 1. The Labute approximate surface area is 157 Å². The molecule has 142 valence electrons.